The number of methoxy groups -OCH3 is 1. The van der Waals surface area contributed by atoms with Crippen LogP contribution in [0.3, 0.4) is 0 Å². The van der Waals surface area contributed by atoms with E-state index in [0.29, 0.717) is 5.56 Å². The van der Waals surface area contributed by atoms with Crippen LogP contribution in [0, 0.1) is 22.0 Å². The van der Waals surface area contributed by atoms with E-state index in [0.717, 1.165) is 11.0 Å². The van der Waals surface area contributed by atoms with Crippen molar-refractivity contribution in [3.8, 4) is 17.2 Å². The summed E-state index contributed by atoms with van der Waals surface area (Å²) in [5.74, 6) is -6.00. The number of aromatic hydroxyl groups is 2. The Bertz CT molecular complexity index is 1510. The van der Waals surface area contributed by atoms with Crippen LogP contribution in [0.4, 0.5) is 11.4 Å². The molecule has 12 nitrogen and oxygen atoms in total. The summed E-state index contributed by atoms with van der Waals surface area (Å²) < 4.78 is 5.19. The molecular weight excluding hydrogens is 510 g/mol. The maximum atomic E-state index is 13.9. The molecule has 0 bridgehead atoms. The molecule has 200 valence electrons. The molecule has 0 aromatic heterocycles. The van der Waals surface area contributed by atoms with Crippen LogP contribution < -0.4 is 15.0 Å². The van der Waals surface area contributed by atoms with Gasteiger partial charge in [-0.1, -0.05) is 30.3 Å². The summed E-state index contributed by atoms with van der Waals surface area (Å²) in [7, 11) is 1.34. The number of ether oxygens (including phenoxy) is 1. The average Bonchev–Trinajstić information content (AvgIpc) is 3.39. The number of anilines is 1. The van der Waals surface area contributed by atoms with Gasteiger partial charge < -0.3 is 20.1 Å². The molecule has 5 rings (SSSR count). The van der Waals surface area contributed by atoms with Crippen LogP contribution in [0.25, 0.3) is 0 Å². The highest BCUT2D eigenvalue weighted by molar-refractivity contribution is 6.24. The summed E-state index contributed by atoms with van der Waals surface area (Å²) in [5.41, 5.74) is -1.81. The Morgan fingerprint density at radius 3 is 2.41 bits per heavy atom. The summed E-state index contributed by atoms with van der Waals surface area (Å²) in [6.45, 7) is 0. The van der Waals surface area contributed by atoms with Gasteiger partial charge in [0, 0.05) is 30.2 Å². The number of non-ortho nitro benzene ring substituents is 1. The summed E-state index contributed by atoms with van der Waals surface area (Å²) >= 11 is 0. The first-order chi connectivity index (χ1) is 18.6. The van der Waals surface area contributed by atoms with Gasteiger partial charge >= 0.3 is 5.97 Å². The van der Waals surface area contributed by atoms with Crippen molar-refractivity contribution in [1.82, 2.24) is 5.32 Å². The number of fused-ring (bicyclic) bond motifs is 1. The molecule has 0 spiro atoms. The second kappa shape index (κ2) is 9.40. The van der Waals surface area contributed by atoms with Gasteiger partial charge in [0.05, 0.1) is 29.6 Å². The normalized spacial score (nSPS) is 24.0. The van der Waals surface area contributed by atoms with Gasteiger partial charge in [0.15, 0.2) is 11.5 Å². The molecule has 12 heteroatoms. The van der Waals surface area contributed by atoms with Gasteiger partial charge in [-0.25, -0.2) is 4.90 Å². The van der Waals surface area contributed by atoms with Crippen molar-refractivity contribution in [2.45, 2.75) is 18.0 Å². The third-order valence-corrected chi connectivity index (χ3v) is 7.34. The van der Waals surface area contributed by atoms with E-state index >= 15 is 0 Å². The third kappa shape index (κ3) is 4.01. The molecule has 0 saturated carbocycles. The van der Waals surface area contributed by atoms with Gasteiger partial charge in [-0.05, 0) is 29.8 Å². The fraction of sp³-hybridized carbons (Fsp3) is 0.222. The van der Waals surface area contributed by atoms with Crippen LogP contribution >= 0.6 is 0 Å². The van der Waals surface area contributed by atoms with Crippen molar-refractivity contribution in [3.05, 3.63) is 88.0 Å². The van der Waals surface area contributed by atoms with Gasteiger partial charge in [0.1, 0.15) is 11.3 Å². The van der Waals surface area contributed by atoms with E-state index < -0.39 is 46.1 Å². The average molecular weight is 533 g/mol. The molecule has 4 N–H and O–H groups in total. The minimum atomic E-state index is -2.01. The molecular formula is C27H23N3O9. The highest BCUT2D eigenvalue weighted by atomic mass is 16.6. The minimum absolute atomic E-state index is 0.0384. The van der Waals surface area contributed by atoms with Crippen molar-refractivity contribution < 1.29 is 39.4 Å². The third-order valence-electron chi connectivity index (χ3n) is 7.34. The van der Waals surface area contributed by atoms with Crippen LogP contribution in [0.5, 0.6) is 17.2 Å². The largest absolute Gasteiger partial charge is 0.508 e. The summed E-state index contributed by atoms with van der Waals surface area (Å²) in [4.78, 5) is 52.3. The van der Waals surface area contributed by atoms with Crippen LogP contribution in [-0.4, -0.2) is 50.7 Å². The first kappa shape index (κ1) is 25.7. The molecule has 2 aliphatic heterocycles. The van der Waals surface area contributed by atoms with E-state index in [1.165, 1.54) is 61.7 Å². The van der Waals surface area contributed by atoms with Crippen molar-refractivity contribution in [3.63, 3.8) is 0 Å². The number of nitro groups is 1. The number of carbonyl (C=O) groups excluding carboxylic acids is 2. The molecule has 0 radical (unpaired) electrons. The number of benzene rings is 3. The van der Waals surface area contributed by atoms with Crippen molar-refractivity contribution in [2.75, 3.05) is 12.0 Å². The number of rotatable bonds is 7. The van der Waals surface area contributed by atoms with Gasteiger partial charge in [-0.15, -0.1) is 0 Å². The second-order valence-electron chi connectivity index (χ2n) is 9.43. The quantitative estimate of drug-likeness (QED) is 0.200. The monoisotopic (exact) mass is 533 g/mol. The lowest BCUT2D eigenvalue weighted by molar-refractivity contribution is -0.384. The number of carbonyl (C=O) groups is 3. The Kier molecular flexibility index (Phi) is 6.19. The molecule has 3 aromatic rings. The van der Waals surface area contributed by atoms with Crippen molar-refractivity contribution in [2.24, 2.45) is 11.8 Å². The highest BCUT2D eigenvalue weighted by Gasteiger charge is 2.69. The maximum Gasteiger partial charge on any atom is 0.325 e. The molecule has 2 saturated heterocycles. The molecule has 4 atom stereocenters. The number of carboxylic acid groups (broad SMARTS) is 1. The van der Waals surface area contributed by atoms with E-state index in [1.807, 2.05) is 0 Å². The molecule has 0 aliphatic carbocycles. The van der Waals surface area contributed by atoms with E-state index in [-0.39, 0.29) is 40.6 Å². The zero-order valence-electron chi connectivity index (χ0n) is 20.5. The Morgan fingerprint density at radius 1 is 1.08 bits per heavy atom. The Morgan fingerprint density at radius 2 is 1.77 bits per heavy atom. The lowest BCUT2D eigenvalue weighted by atomic mass is 9.76. The number of phenolic OH excluding ortho intramolecular Hbond substituents is 2. The second-order valence-corrected chi connectivity index (χ2v) is 9.43. The number of imide groups is 1. The van der Waals surface area contributed by atoms with Gasteiger partial charge in [0.25, 0.3) is 5.69 Å². The standard InChI is InChI=1S/C27H23N3O9/c1-39-19-7-3-6-18(23(19)32)22-20-21(27(28-22,26(35)36)13-14-8-10-17(31)11-9-14)25(34)29(24(20)33)15-4-2-5-16(12-15)30(37)38/h2-12,20-22,28,31-32H,13H2,1H3,(H,35,36). The highest BCUT2D eigenvalue weighted by Crippen LogP contribution is 2.53. The number of amides is 2. The molecule has 2 heterocycles. The number of aliphatic carboxylic acids is 1. The molecule has 4 unspecified atom stereocenters. The predicted molar refractivity (Wildman–Crippen MR) is 135 cm³/mol. The van der Waals surface area contributed by atoms with Crippen LogP contribution in [0.1, 0.15) is 17.2 Å². The first-order valence-electron chi connectivity index (χ1n) is 11.9. The zero-order valence-corrected chi connectivity index (χ0v) is 20.5. The van der Waals surface area contributed by atoms with E-state index in [1.54, 1.807) is 6.07 Å². The van der Waals surface area contributed by atoms with Crippen molar-refractivity contribution >= 4 is 29.2 Å². The fourth-order valence-corrected chi connectivity index (χ4v) is 5.60. The zero-order chi connectivity index (χ0) is 28.1. The molecule has 2 fully saturated rings. The maximum absolute atomic E-state index is 13.9. The van der Waals surface area contributed by atoms with Crippen LogP contribution in [0.2, 0.25) is 0 Å². The number of phenols is 2. The smallest absolute Gasteiger partial charge is 0.325 e. The number of hydrogen-bond acceptors (Lipinski definition) is 9. The molecule has 2 amide bonds. The van der Waals surface area contributed by atoms with E-state index in [9.17, 15) is 39.8 Å². The van der Waals surface area contributed by atoms with Crippen LogP contribution in [-0.2, 0) is 20.8 Å². The van der Waals surface area contributed by atoms with Gasteiger partial charge in [0.2, 0.25) is 11.8 Å². The topological polar surface area (TPSA) is 180 Å². The summed E-state index contributed by atoms with van der Waals surface area (Å²) in [6.07, 6.45) is -0.243. The first-order valence-corrected chi connectivity index (χ1v) is 11.9. The van der Waals surface area contributed by atoms with Crippen LogP contribution in [0.15, 0.2) is 66.7 Å². The number of nitro benzene ring substituents is 1. The lowest BCUT2D eigenvalue weighted by Crippen LogP contribution is -2.57. The molecule has 3 aromatic carbocycles. The number of hydrogen-bond donors (Lipinski definition) is 4. The number of carboxylic acids is 1. The number of para-hydroxylation sites is 1. The predicted octanol–water partition coefficient (Wildman–Crippen LogP) is 2.53. The Balaban J connectivity index is 1.69. The van der Waals surface area contributed by atoms with E-state index in [4.69, 9.17) is 4.74 Å². The summed E-state index contributed by atoms with van der Waals surface area (Å²) in [5, 5.41) is 45.5. The summed E-state index contributed by atoms with van der Waals surface area (Å²) in [6, 6.07) is 14.2. The lowest BCUT2D eigenvalue weighted by Gasteiger charge is -2.31. The van der Waals surface area contributed by atoms with Gasteiger partial charge in [-0.2, -0.15) is 0 Å². The van der Waals surface area contributed by atoms with E-state index in [2.05, 4.69) is 5.32 Å². The Labute approximate surface area is 221 Å². The number of nitrogens with zero attached hydrogens (tertiary/aromatic N) is 2. The van der Waals surface area contributed by atoms with Gasteiger partial charge in [-0.3, -0.25) is 29.8 Å². The minimum Gasteiger partial charge on any atom is -0.508 e. The molecule has 2 aliphatic rings. The Hall–Kier alpha value is -4.97. The molecule has 39 heavy (non-hydrogen) atoms. The van der Waals surface area contributed by atoms with Crippen molar-refractivity contribution in [1.29, 1.82) is 0 Å². The fourth-order valence-electron chi connectivity index (χ4n) is 5.60. The number of nitrogens with one attached hydrogen (secondary N) is 1. The SMILES string of the molecule is COc1cccc(C2NC(Cc3ccc(O)cc3)(C(=O)O)C3C(=O)N(c4cccc([N+](=O)[O-])c4)C(=O)C23)c1O.